The number of esters is 2. The highest BCUT2D eigenvalue weighted by atomic mass is 32.2. The van der Waals surface area contributed by atoms with E-state index in [2.05, 4.69) is 0 Å². The summed E-state index contributed by atoms with van der Waals surface area (Å²) >= 11 is 0.971. The maximum Gasteiger partial charge on any atom is 0.338 e. The standard InChI is InChI=1S/C48H42O12S/c49-37-41(57-43(51)33-21-19-27-11-7-9-17-31(27)23-33)39-35(25-53-45(59-39)29-13-3-1-4-14-29)55-47(37)61-48-38(50)42(58-44(52)34-22-20-28-12-8-10-18-32(28)24-34)40-36(56-48)26-54-46(60-40)30-15-5-2-6-16-30/h1-24,35-42,45-50H,25-26H2/t35-,36-,37-,38-,39+,40+,41-,42-,45+,46+,47+,48+/m1/s1. The number of thioether (sulfide) groups is 1. The average Bonchev–Trinajstić information content (AvgIpc) is 3.31. The topological polar surface area (TPSA) is 148 Å². The van der Waals surface area contributed by atoms with Crippen molar-refractivity contribution in [3.8, 4) is 0 Å². The molecule has 13 heteroatoms. The number of aliphatic hydroxyl groups is 2. The molecule has 12 atom stereocenters. The van der Waals surface area contributed by atoms with Crippen LogP contribution in [0.1, 0.15) is 44.4 Å². The summed E-state index contributed by atoms with van der Waals surface area (Å²) in [7, 11) is 0. The van der Waals surface area contributed by atoms with Crippen molar-refractivity contribution in [2.24, 2.45) is 0 Å². The number of rotatable bonds is 8. The average molecular weight is 843 g/mol. The first-order chi connectivity index (χ1) is 29.9. The monoisotopic (exact) mass is 842 g/mol. The van der Waals surface area contributed by atoms with Gasteiger partial charge in [0.15, 0.2) is 24.8 Å². The smallest absolute Gasteiger partial charge is 0.338 e. The van der Waals surface area contributed by atoms with E-state index in [1.165, 1.54) is 0 Å². The van der Waals surface area contributed by atoms with Gasteiger partial charge in [0.25, 0.3) is 0 Å². The van der Waals surface area contributed by atoms with Gasteiger partial charge < -0.3 is 48.1 Å². The van der Waals surface area contributed by atoms with Gasteiger partial charge in [-0.2, -0.15) is 0 Å². The summed E-state index contributed by atoms with van der Waals surface area (Å²) < 4.78 is 50.3. The summed E-state index contributed by atoms with van der Waals surface area (Å²) in [5.41, 5.74) is -0.183. The summed E-state index contributed by atoms with van der Waals surface area (Å²) in [6, 6.07) is 44.5. The fourth-order valence-electron chi connectivity index (χ4n) is 8.33. The van der Waals surface area contributed by atoms with E-state index in [9.17, 15) is 19.8 Å². The van der Waals surface area contributed by atoms with Gasteiger partial charge in [-0.05, 0) is 45.8 Å². The number of carbonyl (C=O) groups excluding carboxylic acids is 2. The van der Waals surface area contributed by atoms with Crippen LogP contribution in [0.2, 0.25) is 0 Å². The highest BCUT2D eigenvalue weighted by molar-refractivity contribution is 8.00. The van der Waals surface area contributed by atoms with Gasteiger partial charge in [-0.15, -0.1) is 0 Å². The van der Waals surface area contributed by atoms with E-state index in [1.54, 1.807) is 24.3 Å². The Bertz CT molecular complexity index is 2330. The zero-order chi connectivity index (χ0) is 41.5. The molecule has 0 spiro atoms. The highest BCUT2D eigenvalue weighted by Gasteiger charge is 2.56. The van der Waals surface area contributed by atoms with Gasteiger partial charge in [-0.25, -0.2) is 9.59 Å². The van der Waals surface area contributed by atoms with Crippen LogP contribution in [0.25, 0.3) is 21.5 Å². The van der Waals surface area contributed by atoms with E-state index in [0.717, 1.165) is 44.4 Å². The molecule has 10 rings (SSSR count). The van der Waals surface area contributed by atoms with E-state index in [4.69, 9.17) is 37.9 Å². The van der Waals surface area contributed by atoms with Crippen molar-refractivity contribution in [3.63, 3.8) is 0 Å². The van der Waals surface area contributed by atoms with E-state index >= 15 is 0 Å². The van der Waals surface area contributed by atoms with Crippen molar-refractivity contribution in [2.75, 3.05) is 13.2 Å². The lowest BCUT2D eigenvalue weighted by atomic mass is 9.98. The zero-order valence-corrected chi connectivity index (χ0v) is 33.4. The van der Waals surface area contributed by atoms with Crippen LogP contribution in [0.3, 0.4) is 0 Å². The molecule has 61 heavy (non-hydrogen) atoms. The van der Waals surface area contributed by atoms with Crippen LogP contribution >= 0.6 is 11.8 Å². The molecule has 4 aliphatic heterocycles. The van der Waals surface area contributed by atoms with Gasteiger partial charge in [0.05, 0.1) is 24.3 Å². The molecule has 4 saturated heterocycles. The Hall–Kier alpha value is -5.19. The predicted molar refractivity (Wildman–Crippen MR) is 223 cm³/mol. The van der Waals surface area contributed by atoms with Crippen molar-refractivity contribution in [3.05, 3.63) is 168 Å². The molecule has 0 aliphatic carbocycles. The second-order valence-corrected chi connectivity index (χ2v) is 16.6. The number of aliphatic hydroxyl groups excluding tert-OH is 2. The fourth-order valence-corrected chi connectivity index (χ4v) is 9.64. The van der Waals surface area contributed by atoms with Crippen LogP contribution in [0.5, 0.6) is 0 Å². The minimum atomic E-state index is -1.47. The zero-order valence-electron chi connectivity index (χ0n) is 32.6. The van der Waals surface area contributed by atoms with Crippen molar-refractivity contribution in [1.82, 2.24) is 0 Å². The molecule has 4 heterocycles. The normalized spacial score (nSPS) is 31.1. The van der Waals surface area contributed by atoms with Gasteiger partial charge in [0, 0.05) is 11.1 Å². The quantitative estimate of drug-likeness (QED) is 0.154. The summed E-state index contributed by atoms with van der Waals surface area (Å²) in [5.74, 6) is -1.32. The Kier molecular flexibility index (Phi) is 11.3. The van der Waals surface area contributed by atoms with Crippen LogP contribution in [0.4, 0.5) is 0 Å². The molecule has 6 aromatic rings. The Morgan fingerprint density at radius 2 is 0.885 bits per heavy atom. The first kappa shape index (κ1) is 39.9. The number of fused-ring (bicyclic) bond motifs is 4. The molecule has 312 valence electrons. The third-order valence-corrected chi connectivity index (χ3v) is 12.8. The van der Waals surface area contributed by atoms with Gasteiger partial charge >= 0.3 is 11.9 Å². The summed E-state index contributed by atoms with van der Waals surface area (Å²) in [5, 5.41) is 27.9. The van der Waals surface area contributed by atoms with Crippen LogP contribution in [-0.2, 0) is 37.9 Å². The Morgan fingerprint density at radius 3 is 1.31 bits per heavy atom. The van der Waals surface area contributed by atoms with Crippen molar-refractivity contribution >= 4 is 45.2 Å². The van der Waals surface area contributed by atoms with E-state index in [-0.39, 0.29) is 13.2 Å². The molecule has 0 radical (unpaired) electrons. The lowest BCUT2D eigenvalue weighted by molar-refractivity contribution is -0.321. The minimum absolute atomic E-state index is 0.0470. The second-order valence-electron chi connectivity index (χ2n) is 15.4. The molecular formula is C48H42O12S. The lowest BCUT2D eigenvalue weighted by Crippen LogP contribution is -2.64. The Balaban J connectivity index is 0.924. The van der Waals surface area contributed by atoms with Crippen molar-refractivity contribution in [1.29, 1.82) is 0 Å². The lowest BCUT2D eigenvalue weighted by Gasteiger charge is -2.50. The van der Waals surface area contributed by atoms with Crippen molar-refractivity contribution in [2.45, 2.75) is 72.3 Å². The number of hydrogen-bond donors (Lipinski definition) is 2. The Morgan fingerprint density at radius 1 is 0.492 bits per heavy atom. The number of carbonyl (C=O) groups is 2. The largest absolute Gasteiger partial charge is 0.453 e. The van der Waals surface area contributed by atoms with Gasteiger partial charge in [-0.1, -0.05) is 133 Å². The van der Waals surface area contributed by atoms with E-state index in [1.807, 2.05) is 121 Å². The molecule has 0 amide bonds. The third kappa shape index (κ3) is 8.17. The van der Waals surface area contributed by atoms with Gasteiger partial charge in [0.2, 0.25) is 0 Å². The molecule has 12 nitrogen and oxygen atoms in total. The summed E-state index contributed by atoms with van der Waals surface area (Å²) in [6.45, 7) is 0.0940. The summed E-state index contributed by atoms with van der Waals surface area (Å²) in [6.07, 6.45) is -10.5. The molecule has 0 saturated carbocycles. The first-order valence-electron chi connectivity index (χ1n) is 20.2. The highest BCUT2D eigenvalue weighted by Crippen LogP contribution is 2.44. The van der Waals surface area contributed by atoms with Gasteiger partial charge in [-0.3, -0.25) is 0 Å². The maximum atomic E-state index is 13.9. The molecule has 6 aromatic carbocycles. The molecule has 4 aliphatic rings. The molecule has 2 N–H and O–H groups in total. The predicted octanol–water partition coefficient (Wildman–Crippen LogP) is 6.88. The molecule has 4 fully saturated rings. The van der Waals surface area contributed by atoms with Crippen LogP contribution in [0.15, 0.2) is 146 Å². The number of ether oxygens (including phenoxy) is 8. The molecule has 0 aromatic heterocycles. The number of benzene rings is 6. The minimum Gasteiger partial charge on any atom is -0.453 e. The number of hydrogen-bond acceptors (Lipinski definition) is 13. The SMILES string of the molecule is O=C(O[C@@H]1[C@@H](O)[C@H](S[C@@H]2O[C@@H]3CO[C@H](c4ccccc4)O[C@@H]3[C@H](OC(=O)c3ccc4ccccc4c3)[C@H]2O)O[C@@H]2CO[C@H](c3ccccc3)O[C@H]12)c1ccc2ccccc2c1. The van der Waals surface area contributed by atoms with E-state index < -0.39 is 84.2 Å². The van der Waals surface area contributed by atoms with Crippen LogP contribution in [0, 0.1) is 0 Å². The third-order valence-electron chi connectivity index (χ3n) is 11.5. The van der Waals surface area contributed by atoms with Crippen LogP contribution < -0.4 is 0 Å². The molecule has 0 unspecified atom stereocenters. The fraction of sp³-hybridized carbons (Fsp3) is 0.292. The molecule has 0 bridgehead atoms. The second kappa shape index (κ2) is 17.3. The maximum absolute atomic E-state index is 13.9. The van der Waals surface area contributed by atoms with Crippen molar-refractivity contribution < 1.29 is 57.7 Å². The summed E-state index contributed by atoms with van der Waals surface area (Å²) in [4.78, 5) is 27.8. The Labute approximate surface area is 355 Å². The van der Waals surface area contributed by atoms with Crippen LogP contribution in [-0.4, -0.2) is 95.1 Å². The van der Waals surface area contributed by atoms with Gasteiger partial charge in [0.1, 0.15) is 47.5 Å². The molecular weight excluding hydrogens is 801 g/mol. The van der Waals surface area contributed by atoms with E-state index in [0.29, 0.717) is 11.1 Å². The first-order valence-corrected chi connectivity index (χ1v) is 21.2.